The quantitative estimate of drug-likeness (QED) is 0.625. The molecule has 0 heterocycles. The van der Waals surface area contributed by atoms with Gasteiger partial charge in [-0.15, -0.1) is 0 Å². The van der Waals surface area contributed by atoms with Crippen LogP contribution < -0.4 is 5.32 Å². The molecule has 27 heavy (non-hydrogen) atoms. The molecule has 0 unspecified atom stereocenters. The van der Waals surface area contributed by atoms with Gasteiger partial charge < -0.3 is 5.32 Å². The van der Waals surface area contributed by atoms with Gasteiger partial charge in [-0.1, -0.05) is 84.9 Å². The van der Waals surface area contributed by atoms with Crippen molar-refractivity contribution >= 4 is 23.5 Å². The van der Waals surface area contributed by atoms with Crippen molar-refractivity contribution in [3.63, 3.8) is 0 Å². The SMILES string of the molecule is O=C(/C=C/c1ccccc1)Cc1ccccc1NC(=O)Cc1ccccc1. The van der Waals surface area contributed by atoms with Crippen LogP contribution in [0.4, 0.5) is 5.69 Å². The van der Waals surface area contributed by atoms with Gasteiger partial charge in [-0.05, 0) is 28.8 Å². The van der Waals surface area contributed by atoms with Crippen LogP contribution in [0.3, 0.4) is 0 Å². The molecule has 0 bridgehead atoms. The largest absolute Gasteiger partial charge is 0.326 e. The third kappa shape index (κ3) is 5.79. The number of ketones is 1. The molecule has 0 aromatic heterocycles. The third-order valence-electron chi connectivity index (χ3n) is 4.12. The van der Waals surface area contributed by atoms with E-state index in [1.54, 1.807) is 12.2 Å². The Kier molecular flexibility index (Phi) is 6.31. The lowest BCUT2D eigenvalue weighted by Crippen LogP contribution is -2.16. The van der Waals surface area contributed by atoms with E-state index in [9.17, 15) is 9.59 Å². The first-order valence-electron chi connectivity index (χ1n) is 8.88. The van der Waals surface area contributed by atoms with Crippen molar-refractivity contribution in [1.82, 2.24) is 0 Å². The maximum atomic E-state index is 12.3. The molecular formula is C24H21NO2. The third-order valence-corrected chi connectivity index (χ3v) is 4.12. The van der Waals surface area contributed by atoms with Gasteiger partial charge in [-0.2, -0.15) is 0 Å². The lowest BCUT2D eigenvalue weighted by Gasteiger charge is -2.10. The van der Waals surface area contributed by atoms with E-state index in [1.807, 2.05) is 84.9 Å². The van der Waals surface area contributed by atoms with Gasteiger partial charge in [0.2, 0.25) is 5.91 Å². The highest BCUT2D eigenvalue weighted by Gasteiger charge is 2.09. The lowest BCUT2D eigenvalue weighted by atomic mass is 10.1. The number of carbonyl (C=O) groups excluding carboxylic acids is 2. The molecule has 0 aliphatic carbocycles. The van der Waals surface area contributed by atoms with Crippen molar-refractivity contribution in [2.75, 3.05) is 5.32 Å². The molecule has 3 rings (SSSR count). The predicted molar refractivity (Wildman–Crippen MR) is 109 cm³/mol. The van der Waals surface area contributed by atoms with E-state index < -0.39 is 0 Å². The summed E-state index contributed by atoms with van der Waals surface area (Å²) < 4.78 is 0. The Morgan fingerprint density at radius 2 is 1.37 bits per heavy atom. The topological polar surface area (TPSA) is 46.2 Å². The van der Waals surface area contributed by atoms with E-state index in [0.29, 0.717) is 12.1 Å². The van der Waals surface area contributed by atoms with E-state index in [0.717, 1.165) is 16.7 Å². The van der Waals surface area contributed by atoms with E-state index in [2.05, 4.69) is 5.32 Å². The fourth-order valence-electron chi connectivity index (χ4n) is 2.77. The maximum Gasteiger partial charge on any atom is 0.228 e. The molecule has 3 aromatic rings. The molecular weight excluding hydrogens is 334 g/mol. The Morgan fingerprint density at radius 3 is 2.11 bits per heavy atom. The standard InChI is InChI=1S/C24H21NO2/c26-22(16-15-19-9-3-1-4-10-19)18-21-13-7-8-14-23(21)25-24(27)17-20-11-5-2-6-12-20/h1-16H,17-18H2,(H,25,27)/b16-15+. The average Bonchev–Trinajstić information content (AvgIpc) is 2.69. The minimum atomic E-state index is -0.0964. The average molecular weight is 355 g/mol. The van der Waals surface area contributed by atoms with Crippen LogP contribution in [0.2, 0.25) is 0 Å². The fraction of sp³-hybridized carbons (Fsp3) is 0.0833. The summed E-state index contributed by atoms with van der Waals surface area (Å²) in [4.78, 5) is 24.6. The number of para-hydroxylation sites is 1. The van der Waals surface area contributed by atoms with Crippen molar-refractivity contribution in [3.05, 3.63) is 108 Å². The molecule has 3 nitrogen and oxygen atoms in total. The smallest absolute Gasteiger partial charge is 0.228 e. The number of anilines is 1. The van der Waals surface area contributed by atoms with E-state index in [4.69, 9.17) is 0 Å². The molecule has 0 aliphatic heterocycles. The summed E-state index contributed by atoms with van der Waals surface area (Å²) in [5.41, 5.74) is 3.42. The van der Waals surface area contributed by atoms with E-state index in [-0.39, 0.29) is 18.1 Å². The zero-order valence-corrected chi connectivity index (χ0v) is 15.0. The molecule has 0 saturated heterocycles. The van der Waals surface area contributed by atoms with Gasteiger partial charge >= 0.3 is 0 Å². The van der Waals surface area contributed by atoms with Crippen molar-refractivity contribution in [2.24, 2.45) is 0 Å². The summed E-state index contributed by atoms with van der Waals surface area (Å²) in [5.74, 6) is -0.107. The lowest BCUT2D eigenvalue weighted by molar-refractivity contribution is -0.116. The fourth-order valence-corrected chi connectivity index (χ4v) is 2.77. The van der Waals surface area contributed by atoms with Gasteiger partial charge in [0.15, 0.2) is 5.78 Å². The highest BCUT2D eigenvalue weighted by molar-refractivity contribution is 5.98. The van der Waals surface area contributed by atoms with Crippen molar-refractivity contribution in [1.29, 1.82) is 0 Å². The van der Waals surface area contributed by atoms with Crippen LogP contribution in [0.1, 0.15) is 16.7 Å². The number of hydrogen-bond donors (Lipinski definition) is 1. The molecule has 0 aliphatic rings. The Morgan fingerprint density at radius 1 is 0.741 bits per heavy atom. The zero-order valence-electron chi connectivity index (χ0n) is 15.0. The number of hydrogen-bond acceptors (Lipinski definition) is 2. The molecule has 3 heteroatoms. The highest BCUT2D eigenvalue weighted by Crippen LogP contribution is 2.17. The van der Waals surface area contributed by atoms with Crippen molar-refractivity contribution < 1.29 is 9.59 Å². The van der Waals surface area contributed by atoms with Crippen LogP contribution in [0, 0.1) is 0 Å². The van der Waals surface area contributed by atoms with Crippen LogP contribution in [0.15, 0.2) is 91.0 Å². The Balaban J connectivity index is 1.64. The Hall–Kier alpha value is -3.46. The van der Waals surface area contributed by atoms with Crippen LogP contribution in [-0.2, 0) is 22.4 Å². The van der Waals surface area contributed by atoms with Crippen LogP contribution in [0.5, 0.6) is 0 Å². The molecule has 3 aromatic carbocycles. The number of amides is 1. The predicted octanol–water partition coefficient (Wildman–Crippen LogP) is 4.69. The van der Waals surface area contributed by atoms with Gasteiger partial charge in [0.1, 0.15) is 0 Å². The summed E-state index contributed by atoms with van der Waals surface area (Å²) in [6.45, 7) is 0. The van der Waals surface area contributed by atoms with E-state index in [1.165, 1.54) is 0 Å². The molecule has 0 atom stereocenters. The van der Waals surface area contributed by atoms with Gasteiger partial charge in [-0.25, -0.2) is 0 Å². The van der Waals surface area contributed by atoms with E-state index >= 15 is 0 Å². The van der Waals surface area contributed by atoms with Crippen molar-refractivity contribution in [2.45, 2.75) is 12.8 Å². The molecule has 1 N–H and O–H groups in total. The van der Waals surface area contributed by atoms with Gasteiger partial charge in [0, 0.05) is 12.1 Å². The van der Waals surface area contributed by atoms with Crippen LogP contribution in [0.25, 0.3) is 6.08 Å². The first kappa shape index (κ1) is 18.3. The van der Waals surface area contributed by atoms with Crippen LogP contribution in [-0.4, -0.2) is 11.7 Å². The second-order valence-electron chi connectivity index (χ2n) is 6.25. The molecule has 0 saturated carbocycles. The minimum absolute atomic E-state index is 0.0105. The van der Waals surface area contributed by atoms with Crippen LogP contribution >= 0.6 is 0 Å². The number of benzene rings is 3. The number of allylic oxidation sites excluding steroid dienone is 1. The summed E-state index contributed by atoms with van der Waals surface area (Å²) in [7, 11) is 0. The van der Waals surface area contributed by atoms with Gasteiger partial charge in [-0.3, -0.25) is 9.59 Å². The van der Waals surface area contributed by atoms with Crippen molar-refractivity contribution in [3.8, 4) is 0 Å². The zero-order chi connectivity index (χ0) is 18.9. The highest BCUT2D eigenvalue weighted by atomic mass is 16.1. The summed E-state index contributed by atoms with van der Waals surface area (Å²) in [6.07, 6.45) is 3.93. The maximum absolute atomic E-state index is 12.3. The number of nitrogens with one attached hydrogen (secondary N) is 1. The molecule has 0 fully saturated rings. The summed E-state index contributed by atoms with van der Waals surface area (Å²) in [5, 5.41) is 2.92. The Labute approximate surface area is 159 Å². The summed E-state index contributed by atoms with van der Waals surface area (Å²) in [6, 6.07) is 26.7. The van der Waals surface area contributed by atoms with Gasteiger partial charge in [0.25, 0.3) is 0 Å². The molecule has 134 valence electrons. The van der Waals surface area contributed by atoms with Gasteiger partial charge in [0.05, 0.1) is 6.42 Å². The normalized spacial score (nSPS) is 10.7. The first-order chi connectivity index (χ1) is 13.2. The number of carbonyl (C=O) groups is 2. The molecule has 0 spiro atoms. The first-order valence-corrected chi connectivity index (χ1v) is 8.88. The second-order valence-corrected chi connectivity index (χ2v) is 6.25. The number of rotatable bonds is 7. The monoisotopic (exact) mass is 355 g/mol. The second kappa shape index (κ2) is 9.30. The molecule has 0 radical (unpaired) electrons. The minimum Gasteiger partial charge on any atom is -0.326 e. The summed E-state index contributed by atoms with van der Waals surface area (Å²) >= 11 is 0. The molecule has 1 amide bonds. The Bertz CT molecular complexity index is 931.